The zero-order chi connectivity index (χ0) is 22.3. The van der Waals surface area contributed by atoms with E-state index in [-0.39, 0.29) is 18.1 Å². The Balaban J connectivity index is 1.52. The SMILES string of the molecule is CS(=O)(=O)NC1CCN2C(=O)N3CC(CCCc4ccccc4-c4cccc(c4)CC12)C3. The summed E-state index contributed by atoms with van der Waals surface area (Å²) in [5.74, 6) is 0.559. The number of carbonyl (C=O) groups excluding carboxylic acids is 1. The summed E-state index contributed by atoms with van der Waals surface area (Å²) in [6.07, 6.45) is 5.76. The normalized spacial score (nSPS) is 25.9. The molecular formula is C25H31N3O3S. The number of aryl methyl sites for hydroxylation is 1. The lowest BCUT2D eigenvalue weighted by atomic mass is 9.90. The number of nitrogens with zero attached hydrogens (tertiary/aromatic N) is 2. The van der Waals surface area contributed by atoms with Crippen LogP contribution in [0.15, 0.2) is 48.5 Å². The maximum absolute atomic E-state index is 13.3. The maximum atomic E-state index is 13.3. The summed E-state index contributed by atoms with van der Waals surface area (Å²) in [4.78, 5) is 17.1. The van der Waals surface area contributed by atoms with Crippen LogP contribution in [-0.4, -0.2) is 62.2 Å². The van der Waals surface area contributed by atoms with Gasteiger partial charge in [0.2, 0.25) is 10.0 Å². The summed E-state index contributed by atoms with van der Waals surface area (Å²) in [5.41, 5.74) is 4.94. The molecule has 170 valence electrons. The molecule has 2 aromatic carbocycles. The van der Waals surface area contributed by atoms with Crippen LogP contribution in [0, 0.1) is 5.92 Å². The molecule has 6 nitrogen and oxygen atoms in total. The molecule has 0 saturated carbocycles. The van der Waals surface area contributed by atoms with Gasteiger partial charge in [-0.25, -0.2) is 17.9 Å². The predicted molar refractivity (Wildman–Crippen MR) is 126 cm³/mol. The Bertz CT molecular complexity index is 1110. The van der Waals surface area contributed by atoms with E-state index in [0.29, 0.717) is 25.3 Å². The highest BCUT2D eigenvalue weighted by Gasteiger charge is 2.42. The summed E-state index contributed by atoms with van der Waals surface area (Å²) in [7, 11) is -3.36. The van der Waals surface area contributed by atoms with E-state index in [1.54, 1.807) is 0 Å². The molecule has 0 aromatic heterocycles. The number of sulfonamides is 1. The lowest BCUT2D eigenvalue weighted by Crippen LogP contribution is -2.57. The highest BCUT2D eigenvalue weighted by molar-refractivity contribution is 7.88. The summed E-state index contributed by atoms with van der Waals surface area (Å²) in [6, 6.07) is 16.7. The molecule has 2 amide bonds. The lowest BCUT2D eigenvalue weighted by Gasteiger charge is -2.43. The molecule has 4 bridgehead atoms. The molecule has 2 unspecified atom stereocenters. The minimum absolute atomic E-state index is 0.0540. The van der Waals surface area contributed by atoms with E-state index >= 15 is 0 Å². The van der Waals surface area contributed by atoms with Gasteiger partial charge in [0.05, 0.1) is 12.3 Å². The van der Waals surface area contributed by atoms with Crippen LogP contribution in [0.5, 0.6) is 0 Å². The summed E-state index contributed by atoms with van der Waals surface area (Å²) in [5, 5.41) is 0. The van der Waals surface area contributed by atoms with Crippen molar-refractivity contribution < 1.29 is 13.2 Å². The Morgan fingerprint density at radius 3 is 2.66 bits per heavy atom. The highest BCUT2D eigenvalue weighted by atomic mass is 32.2. The number of carbonyl (C=O) groups is 1. The van der Waals surface area contributed by atoms with E-state index in [1.807, 2.05) is 9.80 Å². The van der Waals surface area contributed by atoms with E-state index in [2.05, 4.69) is 53.3 Å². The van der Waals surface area contributed by atoms with Gasteiger partial charge in [-0.15, -0.1) is 0 Å². The molecule has 4 heterocycles. The Kier molecular flexibility index (Phi) is 5.72. The molecule has 0 spiro atoms. The number of rotatable bonds is 2. The topological polar surface area (TPSA) is 69.7 Å². The average Bonchev–Trinajstić information content (AvgIpc) is 3.09. The monoisotopic (exact) mass is 453 g/mol. The van der Waals surface area contributed by atoms with Crippen LogP contribution in [-0.2, 0) is 22.9 Å². The fourth-order valence-corrected chi connectivity index (χ4v) is 6.38. The molecule has 2 aromatic rings. The maximum Gasteiger partial charge on any atom is 0.320 e. The van der Waals surface area contributed by atoms with Crippen LogP contribution in [0.4, 0.5) is 4.79 Å². The van der Waals surface area contributed by atoms with Gasteiger partial charge in [0.25, 0.3) is 0 Å². The van der Waals surface area contributed by atoms with Gasteiger partial charge in [0.1, 0.15) is 0 Å². The number of amides is 2. The fraction of sp³-hybridized carbons (Fsp3) is 0.480. The van der Waals surface area contributed by atoms with E-state index in [0.717, 1.165) is 37.9 Å². The van der Waals surface area contributed by atoms with Crippen molar-refractivity contribution in [3.05, 3.63) is 59.7 Å². The van der Waals surface area contributed by atoms with Gasteiger partial charge in [-0.2, -0.15) is 0 Å². The summed E-state index contributed by atoms with van der Waals surface area (Å²) < 4.78 is 26.8. The largest absolute Gasteiger partial charge is 0.324 e. The van der Waals surface area contributed by atoms with Crippen LogP contribution in [0.25, 0.3) is 11.1 Å². The molecule has 32 heavy (non-hydrogen) atoms. The fourth-order valence-electron chi connectivity index (χ4n) is 5.55. The van der Waals surface area contributed by atoms with Crippen molar-refractivity contribution >= 4 is 16.1 Å². The molecule has 4 aliphatic rings. The molecule has 1 N–H and O–H groups in total. The average molecular weight is 454 g/mol. The van der Waals surface area contributed by atoms with Crippen LogP contribution < -0.4 is 4.72 Å². The number of hydrogen-bond acceptors (Lipinski definition) is 3. The van der Waals surface area contributed by atoms with E-state index in [1.165, 1.54) is 22.9 Å². The minimum atomic E-state index is -3.36. The third-order valence-corrected chi connectivity index (χ3v) is 7.87. The van der Waals surface area contributed by atoms with Crippen LogP contribution in [0.3, 0.4) is 0 Å². The van der Waals surface area contributed by atoms with Gasteiger partial charge in [-0.05, 0) is 60.3 Å². The second kappa shape index (κ2) is 8.52. The van der Waals surface area contributed by atoms with Gasteiger partial charge in [-0.3, -0.25) is 0 Å². The first-order valence-corrected chi connectivity index (χ1v) is 13.5. The predicted octanol–water partition coefficient (Wildman–Crippen LogP) is 3.28. The van der Waals surface area contributed by atoms with Crippen molar-refractivity contribution in [1.29, 1.82) is 0 Å². The first-order valence-electron chi connectivity index (χ1n) is 11.6. The van der Waals surface area contributed by atoms with Crippen molar-refractivity contribution in [2.75, 3.05) is 25.9 Å². The van der Waals surface area contributed by atoms with Gasteiger partial charge in [-0.1, -0.05) is 48.5 Å². The highest BCUT2D eigenvalue weighted by Crippen LogP contribution is 2.32. The molecule has 0 aliphatic carbocycles. The number of nitrogens with one attached hydrogen (secondary N) is 1. The number of hydrogen-bond donors (Lipinski definition) is 1. The smallest absolute Gasteiger partial charge is 0.320 e. The zero-order valence-corrected chi connectivity index (χ0v) is 19.4. The number of fused-ring (bicyclic) bond motifs is 2. The molecule has 4 aliphatic heterocycles. The molecule has 2 saturated heterocycles. The zero-order valence-electron chi connectivity index (χ0n) is 18.5. The molecular weight excluding hydrogens is 422 g/mol. The first-order chi connectivity index (χ1) is 15.4. The van der Waals surface area contributed by atoms with Crippen molar-refractivity contribution in [3.8, 4) is 11.1 Å². The van der Waals surface area contributed by atoms with Crippen LogP contribution in [0.1, 0.15) is 30.4 Å². The first kappa shape index (κ1) is 21.5. The Morgan fingerprint density at radius 2 is 1.84 bits per heavy atom. The van der Waals surface area contributed by atoms with E-state index in [4.69, 9.17) is 0 Å². The van der Waals surface area contributed by atoms with E-state index < -0.39 is 10.0 Å². The molecule has 7 heteroatoms. The Morgan fingerprint density at radius 1 is 1.03 bits per heavy atom. The van der Waals surface area contributed by atoms with Gasteiger partial charge >= 0.3 is 6.03 Å². The van der Waals surface area contributed by atoms with Crippen molar-refractivity contribution in [2.24, 2.45) is 5.92 Å². The molecule has 2 fully saturated rings. The van der Waals surface area contributed by atoms with Gasteiger partial charge in [0.15, 0.2) is 0 Å². The third kappa shape index (κ3) is 4.41. The molecule has 0 radical (unpaired) electrons. The summed E-state index contributed by atoms with van der Waals surface area (Å²) in [6.45, 7) is 2.20. The van der Waals surface area contributed by atoms with Crippen molar-refractivity contribution in [2.45, 2.75) is 44.2 Å². The van der Waals surface area contributed by atoms with Crippen LogP contribution >= 0.6 is 0 Å². The molecule has 2 atom stereocenters. The van der Waals surface area contributed by atoms with Gasteiger partial charge < -0.3 is 9.80 Å². The van der Waals surface area contributed by atoms with Crippen LogP contribution in [0.2, 0.25) is 0 Å². The van der Waals surface area contributed by atoms with Gasteiger partial charge in [0, 0.05) is 25.7 Å². The standard InChI is InChI=1S/C25H31N3O3S/c1-32(30,31)26-23-12-13-28-24(23)15-18-6-4-10-21(14-18)22-11-3-2-8-20(22)9-5-7-19-16-27(17-19)25(28)29/h2-4,6,8,10-11,14,19,23-24,26H,5,7,9,12-13,15-17H2,1H3. The minimum Gasteiger partial charge on any atom is -0.324 e. The summed E-state index contributed by atoms with van der Waals surface area (Å²) >= 11 is 0. The second-order valence-corrected chi connectivity index (χ2v) is 11.3. The molecule has 6 rings (SSSR count). The Hall–Kier alpha value is -2.38. The second-order valence-electron chi connectivity index (χ2n) is 9.55. The Labute approximate surface area is 190 Å². The number of benzene rings is 2. The quantitative estimate of drug-likeness (QED) is 0.759. The van der Waals surface area contributed by atoms with E-state index in [9.17, 15) is 13.2 Å². The van der Waals surface area contributed by atoms with Crippen molar-refractivity contribution in [1.82, 2.24) is 14.5 Å². The van der Waals surface area contributed by atoms with Crippen molar-refractivity contribution in [3.63, 3.8) is 0 Å². The lowest BCUT2D eigenvalue weighted by molar-refractivity contribution is 0.0818. The number of urea groups is 1. The third-order valence-electron chi connectivity index (χ3n) is 7.14.